The standard InChI is InChI=1S/3Al.B3N3.6H/c;;;1-4-2-6-3-5-1;;;;;;/q3*+1;-3;;;;;;. The molecule has 0 aromatic carbocycles. The smallest absolute Gasteiger partial charge is 0.299 e. The third kappa shape index (κ3) is 3.05. The van der Waals surface area contributed by atoms with Gasteiger partial charge in [-0.1, -0.05) is 0 Å². The van der Waals surface area contributed by atoms with Gasteiger partial charge in [-0.15, -0.1) is 0 Å². The van der Waals surface area contributed by atoms with Crippen LogP contribution in [-0.2, 0) is 0 Å². The van der Waals surface area contributed by atoms with Crippen molar-refractivity contribution in [2.24, 2.45) is 0 Å². The molecule has 0 spiro atoms. The predicted octanol–water partition coefficient (Wildman–Crippen LogP) is -4.85. The zero-order chi connectivity index (χ0) is 6.85. The molecule has 0 N–H and O–H groups in total. The third-order valence-corrected chi connectivity index (χ3v) is 2.48. The minimum atomic E-state index is 1.09. The Hall–Kier alpha value is 1.67. The van der Waals surface area contributed by atoms with E-state index in [1.165, 1.54) is 0 Å². The molecule has 1 aliphatic rings. The predicted molar refractivity (Wildman–Crippen MR) is 48.4 cm³/mol. The average Bonchev–Trinajstić information content (AvgIpc) is 1.59. The van der Waals surface area contributed by atoms with Crippen LogP contribution in [0.4, 0.5) is 0 Å². The van der Waals surface area contributed by atoms with E-state index >= 15 is 0 Å². The first-order valence-corrected chi connectivity index (χ1v) is 5.57. The topological polar surface area (TPSA) is 9.72 Å². The molecule has 1 aliphatic heterocycles. The monoisotopic (exact) mass is 162 g/mol. The molecule has 1 heterocycles. The van der Waals surface area contributed by atoms with Gasteiger partial charge in [-0.05, 0) is 0 Å². The second kappa shape index (κ2) is 3.89. The molecule has 0 bridgehead atoms. The van der Waals surface area contributed by atoms with Gasteiger partial charge in [0, 0.05) is 0 Å². The van der Waals surface area contributed by atoms with Crippen LogP contribution in [0.25, 0.3) is 0 Å². The zero-order valence-electron chi connectivity index (χ0n) is 6.07. The lowest BCUT2D eigenvalue weighted by atomic mass is 9.84. The van der Waals surface area contributed by atoms with Crippen LogP contribution in [0.5, 0.6) is 0 Å². The van der Waals surface area contributed by atoms with Crippen LogP contribution >= 0.6 is 0 Å². The SMILES string of the molecule is [AlH2][N]1[B][N]([AlH2])[B][N]([AlH2])[B]1. The highest BCUT2D eigenvalue weighted by Crippen LogP contribution is 1.89. The van der Waals surface area contributed by atoms with Crippen molar-refractivity contribution in [2.45, 2.75) is 0 Å². The fraction of sp³-hybridized carbons (Fsp3) is 0. The first kappa shape index (κ1) is 8.77. The summed E-state index contributed by atoms with van der Waals surface area (Å²) in [6, 6.07) is 0. The number of rotatable bonds is 0. The molecular weight excluding hydrogens is 155 g/mol. The summed E-state index contributed by atoms with van der Waals surface area (Å²) in [5.41, 5.74) is 0. The fourth-order valence-corrected chi connectivity index (χ4v) is 4.52. The summed E-state index contributed by atoms with van der Waals surface area (Å²) in [6.45, 7) is 0. The molecule has 0 amide bonds. The van der Waals surface area contributed by atoms with E-state index in [0.29, 0.717) is 0 Å². The highest BCUT2D eigenvalue weighted by atomic mass is 27.1. The molecule has 0 aromatic heterocycles. The highest BCUT2D eigenvalue weighted by Gasteiger charge is 2.17. The Balaban J connectivity index is 2.34. The summed E-state index contributed by atoms with van der Waals surface area (Å²) >= 11 is 3.27. The minimum Gasteiger partial charge on any atom is -0.459 e. The van der Waals surface area contributed by atoms with Gasteiger partial charge in [0.25, 0.3) is 49.5 Å². The molecule has 0 saturated carbocycles. The van der Waals surface area contributed by atoms with Crippen LogP contribution in [0, 0.1) is 0 Å². The van der Waals surface area contributed by atoms with Gasteiger partial charge in [0.05, 0.1) is 0 Å². The first-order valence-electron chi connectivity index (χ1n) is 2.89. The zero-order valence-corrected chi connectivity index (χ0v) is 12.1. The van der Waals surface area contributed by atoms with Crippen LogP contribution in [0.1, 0.15) is 0 Å². The van der Waals surface area contributed by atoms with E-state index in [9.17, 15) is 0 Å². The van der Waals surface area contributed by atoms with E-state index in [2.05, 4.69) is 33.8 Å². The summed E-state index contributed by atoms with van der Waals surface area (Å²) in [4.78, 5) is 0. The van der Waals surface area contributed by atoms with Crippen LogP contribution in [0.15, 0.2) is 0 Å². The summed E-state index contributed by atoms with van der Waals surface area (Å²) < 4.78 is 6.62. The lowest BCUT2D eigenvalue weighted by Crippen LogP contribution is -2.58. The summed E-state index contributed by atoms with van der Waals surface area (Å²) in [5, 5.41) is 0. The van der Waals surface area contributed by atoms with Crippen molar-refractivity contribution >= 4 is 72.2 Å². The molecule has 1 fully saturated rings. The van der Waals surface area contributed by atoms with Crippen molar-refractivity contribution in [2.75, 3.05) is 0 Å². The minimum absolute atomic E-state index is 1.09. The molecule has 1 rings (SSSR count). The molecule has 39 valence electrons. The van der Waals surface area contributed by atoms with E-state index in [1.807, 2.05) is 0 Å². The van der Waals surface area contributed by atoms with E-state index in [4.69, 9.17) is 0 Å². The van der Waals surface area contributed by atoms with E-state index in [-0.39, 0.29) is 0 Å². The average molecular weight is 161 g/mol. The second-order valence-electron chi connectivity index (χ2n) is 2.34. The van der Waals surface area contributed by atoms with Gasteiger partial charge in [-0.25, -0.2) is 0 Å². The molecular formula is H6Al3B3N3. The lowest BCUT2D eigenvalue weighted by molar-refractivity contribution is 0.826. The molecule has 0 atom stereocenters. The maximum absolute atomic E-state index is 2.21. The molecule has 3 nitrogen and oxygen atoms in total. The largest absolute Gasteiger partial charge is 0.459 e. The summed E-state index contributed by atoms with van der Waals surface area (Å²) in [5.74, 6) is 0. The van der Waals surface area contributed by atoms with Gasteiger partial charge in [0.1, 0.15) is 0 Å². The van der Waals surface area contributed by atoms with Crippen molar-refractivity contribution in [3.63, 3.8) is 0 Å². The Morgan fingerprint density at radius 3 is 1.11 bits per heavy atom. The number of hydrogen-bond acceptors (Lipinski definition) is 3. The van der Waals surface area contributed by atoms with Gasteiger partial charge in [0.2, 0.25) is 22.6 Å². The Labute approximate surface area is 82.9 Å². The van der Waals surface area contributed by atoms with Crippen LogP contribution in [-0.4, -0.2) is 83.3 Å². The first-order chi connectivity index (χ1) is 4.18. The third-order valence-electron chi connectivity index (χ3n) is 1.09. The van der Waals surface area contributed by atoms with Crippen LogP contribution in [0.3, 0.4) is 0 Å². The van der Waals surface area contributed by atoms with Crippen molar-refractivity contribution in [3.05, 3.63) is 0 Å². The van der Waals surface area contributed by atoms with Gasteiger partial charge in [-0.3, -0.25) is 0 Å². The molecule has 0 aromatic rings. The molecule has 3 radical (unpaired) electrons. The Bertz CT molecular complexity index is 75.3. The Kier molecular flexibility index (Phi) is 3.79. The fourth-order valence-electron chi connectivity index (χ4n) is 0.951. The number of nitrogens with zero attached hydrogens (tertiary/aromatic N) is 3. The quantitative estimate of drug-likeness (QED) is 0.330. The van der Waals surface area contributed by atoms with Gasteiger partial charge in [-0.2, -0.15) is 0 Å². The van der Waals surface area contributed by atoms with Crippen LogP contribution < -0.4 is 0 Å². The Morgan fingerprint density at radius 2 is 0.889 bits per heavy atom. The van der Waals surface area contributed by atoms with E-state index < -0.39 is 0 Å². The number of hydrogen-bond donors (Lipinski definition) is 0. The lowest BCUT2D eigenvalue weighted by Gasteiger charge is -2.37. The molecule has 0 unspecified atom stereocenters. The van der Waals surface area contributed by atoms with Crippen molar-refractivity contribution in [3.8, 4) is 0 Å². The van der Waals surface area contributed by atoms with Crippen molar-refractivity contribution in [1.82, 2.24) is 11.1 Å². The molecule has 9 heavy (non-hydrogen) atoms. The maximum atomic E-state index is 2.21. The molecule has 1 saturated heterocycles. The summed E-state index contributed by atoms with van der Waals surface area (Å²) in [7, 11) is 6.44. The van der Waals surface area contributed by atoms with Gasteiger partial charge < -0.3 is 11.1 Å². The van der Waals surface area contributed by atoms with Gasteiger partial charge in [0.15, 0.2) is 0 Å². The summed E-state index contributed by atoms with van der Waals surface area (Å²) in [6.07, 6.45) is 0. The normalized spacial score (nSPS) is 24.0. The van der Waals surface area contributed by atoms with E-state index in [0.717, 1.165) is 49.5 Å². The van der Waals surface area contributed by atoms with Gasteiger partial charge >= 0.3 is 0 Å². The molecule has 0 aliphatic carbocycles. The van der Waals surface area contributed by atoms with Crippen molar-refractivity contribution in [1.29, 1.82) is 0 Å². The van der Waals surface area contributed by atoms with Crippen LogP contribution in [0.2, 0.25) is 0 Å². The maximum Gasteiger partial charge on any atom is 0.299 e. The second-order valence-corrected chi connectivity index (χ2v) is 5.44. The Morgan fingerprint density at radius 1 is 0.667 bits per heavy atom. The highest BCUT2D eigenvalue weighted by molar-refractivity contribution is 6.77. The van der Waals surface area contributed by atoms with Crippen molar-refractivity contribution < 1.29 is 0 Å². The molecule has 9 heteroatoms. The van der Waals surface area contributed by atoms with E-state index in [1.54, 1.807) is 0 Å².